The number of ether oxygens (including phenoxy) is 1. The van der Waals surface area contributed by atoms with Crippen LogP contribution in [0.15, 0.2) is 48.8 Å². The van der Waals surface area contributed by atoms with E-state index < -0.39 is 0 Å². The maximum atomic E-state index is 12.8. The quantitative estimate of drug-likeness (QED) is 0.730. The smallest absolute Gasteiger partial charge is 0.271 e. The minimum absolute atomic E-state index is 0.137. The highest BCUT2D eigenvalue weighted by atomic mass is 16.5. The van der Waals surface area contributed by atoms with Crippen LogP contribution in [0.2, 0.25) is 0 Å². The van der Waals surface area contributed by atoms with Crippen LogP contribution < -0.4 is 10.1 Å². The maximum absolute atomic E-state index is 12.8. The number of aromatic nitrogens is 2. The second-order valence-electron chi connectivity index (χ2n) is 7.05. The van der Waals surface area contributed by atoms with E-state index >= 15 is 0 Å². The van der Waals surface area contributed by atoms with Crippen molar-refractivity contribution in [3.8, 4) is 5.75 Å². The molecule has 3 aromatic rings. The number of hydrogen-bond donors (Lipinski definition) is 2. The van der Waals surface area contributed by atoms with Crippen LogP contribution in [0.25, 0.3) is 10.9 Å². The average Bonchev–Trinajstić information content (AvgIpc) is 3.26. The lowest BCUT2D eigenvalue weighted by atomic mass is 9.95. The molecule has 2 aromatic heterocycles. The minimum Gasteiger partial charge on any atom is -0.494 e. The van der Waals surface area contributed by atoms with E-state index in [9.17, 15) is 4.79 Å². The first-order valence-corrected chi connectivity index (χ1v) is 9.22. The number of amides is 1. The molecule has 140 valence electrons. The number of carbonyl (C=O) groups is 1. The molecule has 0 aliphatic carbocycles. The monoisotopic (exact) mass is 364 g/mol. The Hall–Kier alpha value is -2.86. The molecule has 6 nitrogen and oxygen atoms in total. The van der Waals surface area contributed by atoms with Gasteiger partial charge in [-0.25, -0.2) is 0 Å². The van der Waals surface area contributed by atoms with Crippen LogP contribution in [0.5, 0.6) is 5.75 Å². The van der Waals surface area contributed by atoms with Crippen molar-refractivity contribution in [2.75, 3.05) is 27.2 Å². The van der Waals surface area contributed by atoms with E-state index in [0.717, 1.165) is 23.9 Å². The van der Waals surface area contributed by atoms with E-state index in [-0.39, 0.29) is 11.9 Å². The van der Waals surface area contributed by atoms with Crippen molar-refractivity contribution in [3.05, 3.63) is 60.0 Å². The number of nitrogens with one attached hydrogen (secondary N) is 2. The Kier molecular flexibility index (Phi) is 4.81. The van der Waals surface area contributed by atoms with Crippen LogP contribution in [0.1, 0.15) is 28.5 Å². The van der Waals surface area contributed by atoms with E-state index in [0.29, 0.717) is 23.9 Å². The summed E-state index contributed by atoms with van der Waals surface area (Å²) in [5, 5.41) is 4.02. The zero-order valence-electron chi connectivity index (χ0n) is 15.6. The fourth-order valence-electron chi connectivity index (χ4n) is 4.12. The number of likely N-dealkylation sites (tertiary alicyclic amines) is 1. The van der Waals surface area contributed by atoms with Crippen molar-refractivity contribution in [1.29, 1.82) is 0 Å². The fraction of sp³-hybridized carbons (Fsp3) is 0.333. The van der Waals surface area contributed by atoms with Crippen molar-refractivity contribution >= 4 is 16.8 Å². The first-order valence-electron chi connectivity index (χ1n) is 9.22. The number of aromatic amines is 1. The van der Waals surface area contributed by atoms with Gasteiger partial charge in [-0.2, -0.15) is 0 Å². The maximum Gasteiger partial charge on any atom is 0.271 e. The number of benzene rings is 1. The Morgan fingerprint density at radius 2 is 2.19 bits per heavy atom. The lowest BCUT2D eigenvalue weighted by Crippen LogP contribution is -2.32. The van der Waals surface area contributed by atoms with Crippen LogP contribution in [0.3, 0.4) is 0 Å². The van der Waals surface area contributed by atoms with Gasteiger partial charge in [0.05, 0.1) is 7.11 Å². The topological polar surface area (TPSA) is 70.2 Å². The van der Waals surface area contributed by atoms with E-state index in [1.165, 1.54) is 5.56 Å². The van der Waals surface area contributed by atoms with Crippen molar-refractivity contribution in [2.45, 2.75) is 12.5 Å². The molecule has 1 aliphatic rings. The molecule has 2 N–H and O–H groups in total. The number of pyridine rings is 1. The molecular formula is C21H24N4O2. The number of rotatable bonds is 5. The van der Waals surface area contributed by atoms with Gasteiger partial charge in [-0.05, 0) is 49.7 Å². The molecule has 0 saturated carbocycles. The number of fused-ring (bicyclic) bond motifs is 1. The Bertz CT molecular complexity index is 938. The SMILES string of the molecule is COc1c(C(=O)NC[C@@H]2CCN(C)[C@H]2c2cccnc2)[nH]c2ccccc12. The third-order valence-electron chi connectivity index (χ3n) is 5.41. The van der Waals surface area contributed by atoms with Gasteiger partial charge in [0, 0.05) is 35.9 Å². The van der Waals surface area contributed by atoms with Gasteiger partial charge in [0.15, 0.2) is 5.75 Å². The molecule has 6 heteroatoms. The standard InChI is InChI=1S/C21H24N4O2/c1-25-11-9-15(19(25)14-6-5-10-22-12-14)13-23-21(26)18-20(27-2)16-7-3-4-8-17(16)24-18/h3-8,10,12,15,19,24H,9,11,13H2,1-2H3,(H,23,26)/t15-,19-/m0/s1. The van der Waals surface area contributed by atoms with E-state index in [1.54, 1.807) is 13.3 Å². The van der Waals surface area contributed by atoms with Gasteiger partial charge in [-0.3, -0.25) is 14.7 Å². The summed E-state index contributed by atoms with van der Waals surface area (Å²) in [7, 11) is 3.72. The molecule has 1 fully saturated rings. The molecule has 2 atom stereocenters. The Balaban J connectivity index is 1.51. The van der Waals surface area contributed by atoms with Gasteiger partial charge in [0.1, 0.15) is 5.69 Å². The zero-order chi connectivity index (χ0) is 18.8. The highest BCUT2D eigenvalue weighted by Gasteiger charge is 2.33. The molecule has 3 heterocycles. The molecule has 0 radical (unpaired) electrons. The van der Waals surface area contributed by atoms with E-state index in [1.807, 2.05) is 36.5 Å². The zero-order valence-corrected chi connectivity index (χ0v) is 15.6. The molecule has 4 rings (SSSR count). The molecule has 27 heavy (non-hydrogen) atoms. The van der Waals surface area contributed by atoms with Crippen LogP contribution in [0.4, 0.5) is 0 Å². The van der Waals surface area contributed by atoms with Crippen LogP contribution in [-0.4, -0.2) is 48.0 Å². The van der Waals surface area contributed by atoms with E-state index in [4.69, 9.17) is 4.74 Å². The normalized spacial score (nSPS) is 20.1. The second kappa shape index (κ2) is 7.40. The predicted octanol–water partition coefficient (Wildman–Crippen LogP) is 2.99. The van der Waals surface area contributed by atoms with E-state index in [2.05, 4.69) is 33.3 Å². The number of hydrogen-bond acceptors (Lipinski definition) is 4. The summed E-state index contributed by atoms with van der Waals surface area (Å²) in [4.78, 5) is 22.6. The van der Waals surface area contributed by atoms with Crippen molar-refractivity contribution in [3.63, 3.8) is 0 Å². The van der Waals surface area contributed by atoms with Gasteiger partial charge in [0.2, 0.25) is 0 Å². The van der Waals surface area contributed by atoms with Crippen LogP contribution >= 0.6 is 0 Å². The molecule has 1 aliphatic heterocycles. The van der Waals surface area contributed by atoms with Gasteiger partial charge in [-0.1, -0.05) is 18.2 Å². The van der Waals surface area contributed by atoms with Gasteiger partial charge < -0.3 is 15.0 Å². The Morgan fingerprint density at radius 3 is 2.96 bits per heavy atom. The molecule has 1 amide bonds. The van der Waals surface area contributed by atoms with Crippen molar-refractivity contribution in [1.82, 2.24) is 20.2 Å². The molecule has 0 unspecified atom stereocenters. The van der Waals surface area contributed by atoms with Gasteiger partial charge in [-0.15, -0.1) is 0 Å². The number of methoxy groups -OCH3 is 1. The van der Waals surface area contributed by atoms with Crippen molar-refractivity contribution in [2.24, 2.45) is 5.92 Å². The molecular weight excluding hydrogens is 340 g/mol. The average molecular weight is 364 g/mol. The Labute approximate surface area is 158 Å². The fourth-order valence-corrected chi connectivity index (χ4v) is 4.12. The number of para-hydroxylation sites is 1. The molecule has 0 spiro atoms. The first kappa shape index (κ1) is 17.5. The first-order chi connectivity index (χ1) is 13.2. The summed E-state index contributed by atoms with van der Waals surface area (Å²) in [5.41, 5.74) is 2.57. The summed E-state index contributed by atoms with van der Waals surface area (Å²) in [5.74, 6) is 0.802. The summed E-state index contributed by atoms with van der Waals surface area (Å²) < 4.78 is 5.49. The van der Waals surface area contributed by atoms with Crippen LogP contribution in [-0.2, 0) is 0 Å². The number of nitrogens with zero attached hydrogens (tertiary/aromatic N) is 2. The van der Waals surface area contributed by atoms with Gasteiger partial charge >= 0.3 is 0 Å². The largest absolute Gasteiger partial charge is 0.494 e. The summed E-state index contributed by atoms with van der Waals surface area (Å²) in [6.45, 7) is 1.62. The second-order valence-corrected chi connectivity index (χ2v) is 7.05. The minimum atomic E-state index is -0.137. The van der Waals surface area contributed by atoms with Gasteiger partial charge in [0.25, 0.3) is 5.91 Å². The Morgan fingerprint density at radius 1 is 1.33 bits per heavy atom. The molecule has 0 bridgehead atoms. The van der Waals surface area contributed by atoms with Crippen LogP contribution in [0, 0.1) is 5.92 Å². The third kappa shape index (κ3) is 3.28. The lowest BCUT2D eigenvalue weighted by Gasteiger charge is -2.25. The number of carbonyl (C=O) groups excluding carboxylic acids is 1. The lowest BCUT2D eigenvalue weighted by molar-refractivity contribution is 0.0936. The molecule has 1 aromatic carbocycles. The number of H-pyrrole nitrogens is 1. The van der Waals surface area contributed by atoms with Crippen molar-refractivity contribution < 1.29 is 9.53 Å². The summed E-state index contributed by atoms with van der Waals surface area (Å²) in [6, 6.07) is 12.1. The predicted molar refractivity (Wildman–Crippen MR) is 105 cm³/mol. The highest BCUT2D eigenvalue weighted by molar-refractivity contribution is 6.03. The highest BCUT2D eigenvalue weighted by Crippen LogP contribution is 2.35. The summed E-state index contributed by atoms with van der Waals surface area (Å²) >= 11 is 0. The third-order valence-corrected chi connectivity index (χ3v) is 5.41. The summed E-state index contributed by atoms with van der Waals surface area (Å²) in [6.07, 6.45) is 4.75. The molecule has 1 saturated heterocycles.